The van der Waals surface area contributed by atoms with Crippen molar-refractivity contribution in [3.8, 4) is 11.3 Å². The van der Waals surface area contributed by atoms with Gasteiger partial charge in [-0.3, -0.25) is 30.4 Å². The molecule has 0 aliphatic rings. The van der Waals surface area contributed by atoms with Crippen LogP contribution in [0.15, 0.2) is 30.5 Å². The maximum atomic E-state index is 12.2. The highest BCUT2D eigenvalue weighted by Crippen LogP contribution is 2.25. The van der Waals surface area contributed by atoms with E-state index in [1.807, 2.05) is 0 Å². The summed E-state index contributed by atoms with van der Waals surface area (Å²) in [7, 11) is 3.27. The van der Waals surface area contributed by atoms with Gasteiger partial charge in [0.2, 0.25) is 0 Å². The van der Waals surface area contributed by atoms with Gasteiger partial charge in [0, 0.05) is 38.0 Å². The van der Waals surface area contributed by atoms with Gasteiger partial charge in [-0.15, -0.1) is 0 Å². The van der Waals surface area contributed by atoms with Crippen molar-refractivity contribution in [3.63, 3.8) is 0 Å². The minimum absolute atomic E-state index is 0.0750. The lowest BCUT2D eigenvalue weighted by atomic mass is 10.1. The first-order valence-electron chi connectivity index (χ1n) is 6.49. The molecule has 23 heavy (non-hydrogen) atoms. The number of nitrogens with zero attached hydrogens (tertiary/aromatic N) is 3. The monoisotopic (exact) mass is 334 g/mol. The van der Waals surface area contributed by atoms with Crippen LogP contribution in [0.1, 0.15) is 10.4 Å². The van der Waals surface area contributed by atoms with Crippen molar-refractivity contribution in [2.45, 2.75) is 0 Å². The zero-order valence-corrected chi connectivity index (χ0v) is 13.2. The summed E-state index contributed by atoms with van der Waals surface area (Å²) in [5, 5.41) is 18.0. The van der Waals surface area contributed by atoms with E-state index >= 15 is 0 Å². The lowest BCUT2D eigenvalue weighted by Crippen LogP contribution is -2.45. The minimum Gasteiger partial charge on any atom is -0.364 e. The molecule has 0 aliphatic carbocycles. The molecular formula is C13H14N6O3S. The predicted octanol–water partition coefficient (Wildman–Crippen LogP) is 0.734. The van der Waals surface area contributed by atoms with Gasteiger partial charge in [0.05, 0.1) is 10.5 Å². The van der Waals surface area contributed by atoms with Crippen LogP contribution in [-0.4, -0.2) is 32.8 Å². The predicted molar refractivity (Wildman–Crippen MR) is 87.6 cm³/mol. The zero-order valence-electron chi connectivity index (χ0n) is 12.4. The van der Waals surface area contributed by atoms with Gasteiger partial charge in [-0.1, -0.05) is 12.1 Å². The van der Waals surface area contributed by atoms with Crippen molar-refractivity contribution in [1.29, 1.82) is 0 Å². The molecular weight excluding hydrogens is 320 g/mol. The van der Waals surface area contributed by atoms with Gasteiger partial charge in [-0.05, 0) is 12.2 Å². The maximum Gasteiger partial charge on any atom is 0.273 e. The molecule has 2 rings (SSSR count). The van der Waals surface area contributed by atoms with Crippen LogP contribution in [0.4, 0.5) is 5.69 Å². The molecule has 0 saturated heterocycles. The highest BCUT2D eigenvalue weighted by atomic mass is 32.1. The minimum atomic E-state index is -0.501. The Morgan fingerprint density at radius 1 is 1.39 bits per heavy atom. The zero-order chi connectivity index (χ0) is 17.0. The van der Waals surface area contributed by atoms with Crippen molar-refractivity contribution in [2.24, 2.45) is 7.05 Å². The molecule has 3 N–H and O–H groups in total. The van der Waals surface area contributed by atoms with E-state index in [-0.39, 0.29) is 16.4 Å². The largest absolute Gasteiger partial charge is 0.364 e. The average molecular weight is 334 g/mol. The first-order chi connectivity index (χ1) is 10.9. The second-order valence-corrected chi connectivity index (χ2v) is 4.94. The number of nitrogens with one attached hydrogen (secondary N) is 3. The summed E-state index contributed by atoms with van der Waals surface area (Å²) < 4.78 is 1.46. The molecule has 1 heterocycles. The fraction of sp³-hybridized carbons (Fsp3) is 0.154. The van der Waals surface area contributed by atoms with E-state index in [0.29, 0.717) is 11.3 Å². The number of amides is 1. The molecule has 1 aromatic heterocycles. The first kappa shape index (κ1) is 16.4. The molecule has 10 heteroatoms. The molecule has 0 atom stereocenters. The third-order valence-electron chi connectivity index (χ3n) is 2.92. The van der Waals surface area contributed by atoms with Gasteiger partial charge in [0.15, 0.2) is 5.11 Å². The maximum absolute atomic E-state index is 12.2. The van der Waals surface area contributed by atoms with Crippen LogP contribution in [0.5, 0.6) is 0 Å². The topological polar surface area (TPSA) is 114 Å². The normalized spacial score (nSPS) is 10.0. The molecule has 2 aromatic rings. The SMILES string of the molecule is CNC(=S)NNC(=O)c1cn(C)nc1-c1cccc([N+](=O)[O-])c1. The molecule has 9 nitrogen and oxygen atoms in total. The molecule has 1 aromatic carbocycles. The summed E-state index contributed by atoms with van der Waals surface area (Å²) in [6.45, 7) is 0. The van der Waals surface area contributed by atoms with Gasteiger partial charge in [-0.25, -0.2) is 0 Å². The third kappa shape index (κ3) is 3.80. The summed E-state index contributed by atoms with van der Waals surface area (Å²) in [6, 6.07) is 5.93. The number of hydrogen-bond acceptors (Lipinski definition) is 5. The van der Waals surface area contributed by atoms with Crippen LogP contribution < -0.4 is 16.2 Å². The number of thiocarbonyl (C=S) groups is 1. The first-order valence-corrected chi connectivity index (χ1v) is 6.89. The lowest BCUT2D eigenvalue weighted by Gasteiger charge is -2.08. The van der Waals surface area contributed by atoms with Crippen molar-refractivity contribution in [1.82, 2.24) is 25.9 Å². The average Bonchev–Trinajstić information content (AvgIpc) is 2.94. The Balaban J connectivity index is 2.34. The number of hydrogen-bond donors (Lipinski definition) is 3. The van der Waals surface area contributed by atoms with E-state index in [1.165, 1.54) is 29.1 Å². The summed E-state index contributed by atoms with van der Waals surface area (Å²) in [5.74, 6) is -0.461. The van der Waals surface area contributed by atoms with Crippen molar-refractivity contribution < 1.29 is 9.72 Å². The van der Waals surface area contributed by atoms with E-state index in [4.69, 9.17) is 12.2 Å². The van der Waals surface area contributed by atoms with Gasteiger partial charge < -0.3 is 5.32 Å². The second-order valence-electron chi connectivity index (χ2n) is 4.53. The van der Waals surface area contributed by atoms with Crippen LogP contribution in [0.2, 0.25) is 0 Å². The molecule has 0 saturated carbocycles. The molecule has 0 radical (unpaired) electrons. The Morgan fingerprint density at radius 2 is 2.13 bits per heavy atom. The Kier molecular flexibility index (Phi) is 4.86. The number of aryl methyl sites for hydroxylation is 1. The van der Waals surface area contributed by atoms with E-state index < -0.39 is 10.8 Å². The molecule has 1 amide bonds. The van der Waals surface area contributed by atoms with E-state index in [1.54, 1.807) is 20.2 Å². The molecule has 0 unspecified atom stereocenters. The van der Waals surface area contributed by atoms with Crippen molar-refractivity contribution in [2.75, 3.05) is 7.05 Å². The molecule has 0 fully saturated rings. The fourth-order valence-corrected chi connectivity index (χ4v) is 1.93. The number of carbonyl (C=O) groups is 1. The van der Waals surface area contributed by atoms with Crippen LogP contribution in [0, 0.1) is 10.1 Å². The third-order valence-corrected chi connectivity index (χ3v) is 3.23. The number of carbonyl (C=O) groups excluding carboxylic acids is 1. The quantitative estimate of drug-likeness (QED) is 0.431. The smallest absolute Gasteiger partial charge is 0.273 e. The highest BCUT2D eigenvalue weighted by Gasteiger charge is 2.19. The van der Waals surface area contributed by atoms with E-state index in [9.17, 15) is 14.9 Å². The van der Waals surface area contributed by atoms with Crippen molar-refractivity contribution in [3.05, 3.63) is 46.1 Å². The Labute approximate surface area is 136 Å². The lowest BCUT2D eigenvalue weighted by molar-refractivity contribution is -0.384. The van der Waals surface area contributed by atoms with Crippen LogP contribution in [0.25, 0.3) is 11.3 Å². The summed E-state index contributed by atoms with van der Waals surface area (Å²) in [4.78, 5) is 22.6. The highest BCUT2D eigenvalue weighted by molar-refractivity contribution is 7.80. The Bertz CT molecular complexity index is 773. The second kappa shape index (κ2) is 6.83. The van der Waals surface area contributed by atoms with Gasteiger partial charge in [0.1, 0.15) is 5.69 Å². The van der Waals surface area contributed by atoms with Crippen LogP contribution in [-0.2, 0) is 7.05 Å². The number of non-ortho nitro benzene ring substituents is 1. The van der Waals surface area contributed by atoms with Crippen LogP contribution in [0.3, 0.4) is 0 Å². The number of rotatable bonds is 3. The summed E-state index contributed by atoms with van der Waals surface area (Å²) in [6.07, 6.45) is 1.52. The molecule has 120 valence electrons. The number of nitro benzene ring substituents is 1. The standard InChI is InChI=1S/C13H14N6O3S/c1-14-13(23)16-15-12(20)10-7-18(2)17-11(10)8-4-3-5-9(6-8)19(21)22/h3-7H,1-2H3,(H,15,20)(H2,14,16,23). The summed E-state index contributed by atoms with van der Waals surface area (Å²) >= 11 is 4.87. The summed E-state index contributed by atoms with van der Waals surface area (Å²) in [5.41, 5.74) is 5.95. The van der Waals surface area contributed by atoms with Crippen molar-refractivity contribution >= 4 is 28.9 Å². The van der Waals surface area contributed by atoms with Gasteiger partial charge >= 0.3 is 0 Å². The molecule has 0 aliphatic heterocycles. The Morgan fingerprint density at radius 3 is 2.78 bits per heavy atom. The molecule has 0 bridgehead atoms. The number of nitro groups is 1. The van der Waals surface area contributed by atoms with Gasteiger partial charge in [-0.2, -0.15) is 5.10 Å². The number of hydrazine groups is 1. The fourth-order valence-electron chi connectivity index (χ4n) is 1.88. The number of aromatic nitrogens is 2. The molecule has 0 spiro atoms. The number of benzene rings is 1. The van der Waals surface area contributed by atoms with Gasteiger partial charge in [0.25, 0.3) is 11.6 Å². The van der Waals surface area contributed by atoms with E-state index in [2.05, 4.69) is 21.3 Å². The Hall–Kier alpha value is -3.01. The van der Waals surface area contributed by atoms with Crippen LogP contribution >= 0.6 is 12.2 Å². The van der Waals surface area contributed by atoms with E-state index in [0.717, 1.165) is 0 Å².